The highest BCUT2D eigenvalue weighted by Gasteiger charge is 2.22. The van der Waals surface area contributed by atoms with E-state index in [-0.39, 0.29) is 5.56 Å². The average Bonchev–Trinajstić information content (AvgIpc) is 2.60. The number of benzene rings is 2. The smallest absolute Gasteiger partial charge is 0.198 e. The molecule has 0 radical (unpaired) electrons. The second-order valence-corrected chi connectivity index (χ2v) is 5.41. The summed E-state index contributed by atoms with van der Waals surface area (Å²) in [5.74, 6) is -1.54. The van der Waals surface area contributed by atoms with Gasteiger partial charge in [-0.2, -0.15) is 0 Å². The van der Waals surface area contributed by atoms with Gasteiger partial charge in [-0.05, 0) is 31.2 Å². The molecule has 3 rings (SSSR count). The zero-order valence-corrected chi connectivity index (χ0v) is 12.6. The maximum atomic E-state index is 14.7. The standard InChI is InChI=1S/C18H18F2N2O/c19-15-7-6-14(17(21)12-8-10-22-11-9-12)16(20)18(15)23-13-4-2-1-3-5-13/h1-8,17,22H,9-11,21H2. The van der Waals surface area contributed by atoms with Gasteiger partial charge in [-0.1, -0.05) is 35.9 Å². The van der Waals surface area contributed by atoms with Crippen LogP contribution in [0.25, 0.3) is 0 Å². The summed E-state index contributed by atoms with van der Waals surface area (Å²) in [7, 11) is 0. The molecule has 0 saturated heterocycles. The van der Waals surface area contributed by atoms with Gasteiger partial charge < -0.3 is 15.8 Å². The van der Waals surface area contributed by atoms with E-state index in [1.165, 1.54) is 12.1 Å². The Kier molecular flexibility index (Phi) is 4.69. The topological polar surface area (TPSA) is 47.3 Å². The Morgan fingerprint density at radius 2 is 1.87 bits per heavy atom. The quantitative estimate of drug-likeness (QED) is 0.846. The molecule has 5 heteroatoms. The number of nitrogens with one attached hydrogen (secondary N) is 1. The van der Waals surface area contributed by atoms with Gasteiger partial charge in [0.05, 0.1) is 6.04 Å². The van der Waals surface area contributed by atoms with E-state index in [4.69, 9.17) is 10.5 Å². The lowest BCUT2D eigenvalue weighted by molar-refractivity contribution is 0.402. The van der Waals surface area contributed by atoms with Crippen LogP contribution in [0.5, 0.6) is 11.5 Å². The fourth-order valence-electron chi connectivity index (χ4n) is 2.61. The molecule has 0 bridgehead atoms. The molecule has 0 amide bonds. The Hall–Kier alpha value is -2.24. The van der Waals surface area contributed by atoms with E-state index in [1.807, 2.05) is 6.08 Å². The van der Waals surface area contributed by atoms with Crippen LogP contribution >= 0.6 is 0 Å². The monoisotopic (exact) mass is 316 g/mol. The van der Waals surface area contributed by atoms with Gasteiger partial charge in [0.1, 0.15) is 5.75 Å². The summed E-state index contributed by atoms with van der Waals surface area (Å²) in [5, 5.41) is 3.18. The van der Waals surface area contributed by atoms with Gasteiger partial charge in [-0.25, -0.2) is 8.78 Å². The second kappa shape index (κ2) is 6.89. The van der Waals surface area contributed by atoms with Gasteiger partial charge in [0, 0.05) is 12.1 Å². The lowest BCUT2D eigenvalue weighted by Crippen LogP contribution is -2.26. The first kappa shape index (κ1) is 15.6. The number of ether oxygens (including phenoxy) is 1. The number of hydrogen-bond acceptors (Lipinski definition) is 3. The average molecular weight is 316 g/mol. The molecule has 3 N–H and O–H groups in total. The first-order valence-electron chi connectivity index (χ1n) is 7.53. The van der Waals surface area contributed by atoms with Crippen LogP contribution in [0.1, 0.15) is 18.0 Å². The number of nitrogens with two attached hydrogens (primary N) is 1. The van der Waals surface area contributed by atoms with Crippen LogP contribution in [0.3, 0.4) is 0 Å². The Morgan fingerprint density at radius 1 is 1.09 bits per heavy atom. The zero-order valence-electron chi connectivity index (χ0n) is 12.6. The highest BCUT2D eigenvalue weighted by atomic mass is 19.1. The first-order chi connectivity index (χ1) is 11.2. The second-order valence-electron chi connectivity index (χ2n) is 5.41. The van der Waals surface area contributed by atoms with Gasteiger partial charge in [0.15, 0.2) is 17.4 Å². The van der Waals surface area contributed by atoms with Crippen molar-refractivity contribution in [2.24, 2.45) is 5.73 Å². The van der Waals surface area contributed by atoms with Crippen molar-refractivity contribution in [2.75, 3.05) is 13.1 Å². The van der Waals surface area contributed by atoms with Crippen molar-refractivity contribution < 1.29 is 13.5 Å². The van der Waals surface area contributed by atoms with Crippen molar-refractivity contribution in [3.8, 4) is 11.5 Å². The molecule has 2 aromatic rings. The molecule has 0 aromatic heterocycles. The minimum Gasteiger partial charge on any atom is -0.451 e. The summed E-state index contributed by atoms with van der Waals surface area (Å²) in [5.41, 5.74) is 7.35. The molecule has 1 unspecified atom stereocenters. The van der Waals surface area contributed by atoms with E-state index in [2.05, 4.69) is 5.32 Å². The SMILES string of the molecule is NC(C1=CCNCC1)c1ccc(F)c(Oc2ccccc2)c1F. The fraction of sp³-hybridized carbons (Fsp3) is 0.222. The van der Waals surface area contributed by atoms with Crippen molar-refractivity contribution in [1.82, 2.24) is 5.32 Å². The normalized spacial score (nSPS) is 15.9. The Balaban J connectivity index is 1.93. The maximum Gasteiger partial charge on any atom is 0.198 e. The van der Waals surface area contributed by atoms with Gasteiger partial charge in [0.25, 0.3) is 0 Å². The molecule has 1 atom stereocenters. The molecule has 0 aliphatic carbocycles. The van der Waals surface area contributed by atoms with Crippen molar-refractivity contribution in [3.05, 3.63) is 71.3 Å². The molecule has 23 heavy (non-hydrogen) atoms. The van der Waals surface area contributed by atoms with Crippen LogP contribution in [0.4, 0.5) is 8.78 Å². The minimum atomic E-state index is -0.749. The highest BCUT2D eigenvalue weighted by Crippen LogP contribution is 2.34. The van der Waals surface area contributed by atoms with Crippen molar-refractivity contribution in [3.63, 3.8) is 0 Å². The predicted octanol–water partition coefficient (Wildman–Crippen LogP) is 3.68. The predicted molar refractivity (Wildman–Crippen MR) is 85.4 cm³/mol. The molecule has 0 fully saturated rings. The molecule has 1 heterocycles. The minimum absolute atomic E-state index is 0.241. The van der Waals surface area contributed by atoms with Crippen LogP contribution < -0.4 is 15.8 Å². The van der Waals surface area contributed by atoms with E-state index >= 15 is 0 Å². The largest absolute Gasteiger partial charge is 0.451 e. The molecule has 120 valence electrons. The summed E-state index contributed by atoms with van der Waals surface area (Å²) >= 11 is 0. The van der Waals surface area contributed by atoms with E-state index in [0.717, 1.165) is 18.5 Å². The summed E-state index contributed by atoms with van der Waals surface area (Å²) < 4.78 is 34.1. The molecule has 3 nitrogen and oxygen atoms in total. The third-order valence-corrected chi connectivity index (χ3v) is 3.88. The number of halogens is 2. The summed E-state index contributed by atoms with van der Waals surface area (Å²) in [6.07, 6.45) is 2.70. The summed E-state index contributed by atoms with van der Waals surface area (Å²) in [6.45, 7) is 1.51. The molecular formula is C18H18F2N2O. The lowest BCUT2D eigenvalue weighted by atomic mass is 9.94. The lowest BCUT2D eigenvalue weighted by Gasteiger charge is -2.22. The van der Waals surface area contributed by atoms with Crippen LogP contribution in [-0.2, 0) is 0 Å². The van der Waals surface area contributed by atoms with E-state index in [0.29, 0.717) is 12.3 Å². The van der Waals surface area contributed by atoms with Crippen LogP contribution in [0, 0.1) is 11.6 Å². The Morgan fingerprint density at radius 3 is 2.57 bits per heavy atom. The molecule has 2 aromatic carbocycles. The number of hydrogen-bond donors (Lipinski definition) is 2. The van der Waals surface area contributed by atoms with E-state index in [1.54, 1.807) is 30.3 Å². The van der Waals surface area contributed by atoms with Gasteiger partial charge in [-0.3, -0.25) is 0 Å². The summed E-state index contributed by atoms with van der Waals surface area (Å²) in [4.78, 5) is 0. The third-order valence-electron chi connectivity index (χ3n) is 3.88. The Bertz CT molecular complexity index is 716. The Labute approximate surface area is 133 Å². The first-order valence-corrected chi connectivity index (χ1v) is 7.53. The molecule has 1 aliphatic heterocycles. The van der Waals surface area contributed by atoms with Crippen LogP contribution in [0.15, 0.2) is 54.1 Å². The van der Waals surface area contributed by atoms with Crippen LogP contribution in [0.2, 0.25) is 0 Å². The highest BCUT2D eigenvalue weighted by molar-refractivity contribution is 5.40. The zero-order chi connectivity index (χ0) is 16.2. The van der Waals surface area contributed by atoms with Gasteiger partial charge in [0.2, 0.25) is 0 Å². The molecule has 0 saturated carbocycles. The molecular weight excluding hydrogens is 298 g/mol. The van der Waals surface area contributed by atoms with Gasteiger partial charge >= 0.3 is 0 Å². The molecule has 1 aliphatic rings. The third kappa shape index (κ3) is 3.41. The van der Waals surface area contributed by atoms with Crippen molar-refractivity contribution in [1.29, 1.82) is 0 Å². The molecule has 0 spiro atoms. The van der Waals surface area contributed by atoms with Crippen molar-refractivity contribution in [2.45, 2.75) is 12.5 Å². The van der Waals surface area contributed by atoms with E-state index < -0.39 is 23.4 Å². The van der Waals surface area contributed by atoms with Crippen molar-refractivity contribution >= 4 is 0 Å². The van der Waals surface area contributed by atoms with Crippen LogP contribution in [-0.4, -0.2) is 13.1 Å². The van der Waals surface area contributed by atoms with Gasteiger partial charge in [-0.15, -0.1) is 0 Å². The maximum absolute atomic E-state index is 14.7. The number of rotatable bonds is 4. The van der Waals surface area contributed by atoms with E-state index in [9.17, 15) is 8.78 Å². The fourth-order valence-corrected chi connectivity index (χ4v) is 2.61. The summed E-state index contributed by atoms with van der Waals surface area (Å²) in [6, 6.07) is 10.5. The number of para-hydroxylation sites is 1.